The van der Waals surface area contributed by atoms with Crippen LogP contribution in [0.2, 0.25) is 0 Å². The Morgan fingerprint density at radius 2 is 2.12 bits per heavy atom. The number of halogens is 1. The van der Waals surface area contributed by atoms with Gasteiger partial charge in [-0.05, 0) is 24.6 Å². The van der Waals surface area contributed by atoms with Gasteiger partial charge in [-0.15, -0.1) is 0 Å². The van der Waals surface area contributed by atoms with E-state index in [1.54, 1.807) is 18.2 Å². The Bertz CT molecular complexity index is 363. The molecule has 0 heterocycles. The fraction of sp³-hybridized carbons (Fsp3) is 0.333. The van der Waals surface area contributed by atoms with E-state index < -0.39 is 0 Å². The van der Waals surface area contributed by atoms with Crippen molar-refractivity contribution in [2.24, 2.45) is 0 Å². The molecule has 0 amide bonds. The number of aliphatic hydroxyl groups is 1. The Balaban J connectivity index is 2.84. The van der Waals surface area contributed by atoms with Crippen LogP contribution in [0.15, 0.2) is 29.8 Å². The molecule has 16 heavy (non-hydrogen) atoms. The van der Waals surface area contributed by atoms with Crippen LogP contribution in [0.25, 0.3) is 0 Å². The Kier molecular flexibility index (Phi) is 5.15. The molecular formula is C12H15ClO3. The molecule has 1 aromatic rings. The van der Waals surface area contributed by atoms with E-state index in [-0.39, 0.29) is 13.2 Å². The van der Waals surface area contributed by atoms with Crippen LogP contribution in [0.4, 0.5) is 0 Å². The Morgan fingerprint density at radius 3 is 2.69 bits per heavy atom. The fourth-order valence-electron chi connectivity index (χ4n) is 1.19. The minimum Gasteiger partial charge on any atom is -0.490 e. The second-order valence-electron chi connectivity index (χ2n) is 3.18. The second-order valence-corrected chi connectivity index (χ2v) is 3.71. The maximum Gasteiger partial charge on any atom is 0.161 e. The van der Waals surface area contributed by atoms with Gasteiger partial charge in [0.2, 0.25) is 0 Å². The minimum atomic E-state index is -0.0252. The van der Waals surface area contributed by atoms with Crippen LogP contribution in [0.1, 0.15) is 12.5 Å². The third kappa shape index (κ3) is 3.76. The van der Waals surface area contributed by atoms with Crippen LogP contribution >= 0.6 is 11.6 Å². The predicted octanol–water partition coefficient (Wildman–Crippen LogP) is 2.71. The number of benzene rings is 1. The lowest BCUT2D eigenvalue weighted by Gasteiger charge is -2.12. The van der Waals surface area contributed by atoms with Crippen molar-refractivity contribution in [2.75, 3.05) is 13.2 Å². The van der Waals surface area contributed by atoms with E-state index in [4.69, 9.17) is 26.2 Å². The molecule has 0 aliphatic rings. The van der Waals surface area contributed by atoms with Gasteiger partial charge in [0.05, 0.1) is 13.2 Å². The summed E-state index contributed by atoms with van der Waals surface area (Å²) in [5, 5.41) is 9.43. The van der Waals surface area contributed by atoms with E-state index >= 15 is 0 Å². The first-order valence-corrected chi connectivity index (χ1v) is 5.37. The van der Waals surface area contributed by atoms with Crippen LogP contribution < -0.4 is 9.47 Å². The van der Waals surface area contributed by atoms with Gasteiger partial charge in [-0.3, -0.25) is 0 Å². The lowest BCUT2D eigenvalue weighted by Crippen LogP contribution is -2.01. The van der Waals surface area contributed by atoms with E-state index in [1.165, 1.54) is 0 Å². The van der Waals surface area contributed by atoms with Crippen molar-refractivity contribution in [1.82, 2.24) is 0 Å². The quantitative estimate of drug-likeness (QED) is 0.834. The van der Waals surface area contributed by atoms with Gasteiger partial charge in [0.25, 0.3) is 0 Å². The minimum absolute atomic E-state index is 0.0252. The molecule has 0 aromatic heterocycles. The van der Waals surface area contributed by atoms with Crippen molar-refractivity contribution in [3.05, 3.63) is 35.4 Å². The Hall–Kier alpha value is -1.19. The van der Waals surface area contributed by atoms with Gasteiger partial charge in [0, 0.05) is 5.03 Å². The molecule has 0 radical (unpaired) electrons. The molecule has 0 aliphatic heterocycles. The van der Waals surface area contributed by atoms with Crippen molar-refractivity contribution in [3.8, 4) is 11.5 Å². The maximum atomic E-state index is 9.01. The normalized spacial score (nSPS) is 9.94. The molecule has 0 saturated heterocycles. The summed E-state index contributed by atoms with van der Waals surface area (Å²) in [6.45, 7) is 6.17. The predicted molar refractivity (Wildman–Crippen MR) is 64.0 cm³/mol. The average Bonchev–Trinajstić information content (AvgIpc) is 2.27. The largest absolute Gasteiger partial charge is 0.490 e. The fourth-order valence-corrected chi connectivity index (χ4v) is 1.25. The van der Waals surface area contributed by atoms with Gasteiger partial charge in [0.15, 0.2) is 11.5 Å². The highest BCUT2D eigenvalue weighted by atomic mass is 35.5. The molecule has 1 N–H and O–H groups in total. The van der Waals surface area contributed by atoms with Crippen LogP contribution in [-0.4, -0.2) is 18.3 Å². The van der Waals surface area contributed by atoms with Crippen LogP contribution in [0.5, 0.6) is 11.5 Å². The van der Waals surface area contributed by atoms with Crippen molar-refractivity contribution >= 4 is 11.6 Å². The zero-order valence-corrected chi connectivity index (χ0v) is 9.96. The van der Waals surface area contributed by atoms with E-state index in [2.05, 4.69) is 6.58 Å². The molecule has 0 saturated carbocycles. The summed E-state index contributed by atoms with van der Waals surface area (Å²) < 4.78 is 10.8. The second kappa shape index (κ2) is 6.40. The van der Waals surface area contributed by atoms with Crippen LogP contribution in [-0.2, 0) is 6.61 Å². The molecule has 0 spiro atoms. The van der Waals surface area contributed by atoms with Gasteiger partial charge in [-0.2, -0.15) is 0 Å². The van der Waals surface area contributed by atoms with Crippen molar-refractivity contribution in [1.29, 1.82) is 0 Å². The van der Waals surface area contributed by atoms with E-state index in [1.807, 2.05) is 6.92 Å². The highest BCUT2D eigenvalue weighted by molar-refractivity contribution is 6.29. The molecule has 0 aliphatic carbocycles. The summed E-state index contributed by atoms with van der Waals surface area (Å²) in [5.74, 6) is 1.20. The topological polar surface area (TPSA) is 38.7 Å². The van der Waals surface area contributed by atoms with Gasteiger partial charge >= 0.3 is 0 Å². The van der Waals surface area contributed by atoms with Gasteiger partial charge < -0.3 is 14.6 Å². The highest BCUT2D eigenvalue weighted by Gasteiger charge is 2.06. The Morgan fingerprint density at radius 1 is 1.38 bits per heavy atom. The van der Waals surface area contributed by atoms with Crippen LogP contribution in [0, 0.1) is 0 Å². The van der Waals surface area contributed by atoms with Gasteiger partial charge in [-0.1, -0.05) is 24.2 Å². The summed E-state index contributed by atoms with van der Waals surface area (Å²) in [5.41, 5.74) is 0.778. The average molecular weight is 243 g/mol. The van der Waals surface area contributed by atoms with Crippen molar-refractivity contribution in [3.63, 3.8) is 0 Å². The number of hydrogen-bond donors (Lipinski definition) is 1. The molecule has 88 valence electrons. The number of aliphatic hydroxyl groups excluding tert-OH is 1. The molecule has 0 unspecified atom stereocenters. The molecule has 0 atom stereocenters. The first-order valence-electron chi connectivity index (χ1n) is 5.00. The molecule has 4 heteroatoms. The molecule has 3 nitrogen and oxygen atoms in total. The highest BCUT2D eigenvalue weighted by Crippen LogP contribution is 2.29. The number of hydrogen-bond acceptors (Lipinski definition) is 3. The summed E-state index contributed by atoms with van der Waals surface area (Å²) in [4.78, 5) is 0. The van der Waals surface area contributed by atoms with E-state index in [9.17, 15) is 0 Å². The lowest BCUT2D eigenvalue weighted by atomic mass is 10.2. The first-order chi connectivity index (χ1) is 7.67. The molecule has 0 bridgehead atoms. The van der Waals surface area contributed by atoms with Crippen molar-refractivity contribution in [2.45, 2.75) is 13.5 Å². The molecule has 1 rings (SSSR count). The smallest absolute Gasteiger partial charge is 0.161 e. The zero-order valence-electron chi connectivity index (χ0n) is 9.20. The molecule has 1 aromatic carbocycles. The van der Waals surface area contributed by atoms with Crippen molar-refractivity contribution < 1.29 is 14.6 Å². The third-order valence-electron chi connectivity index (χ3n) is 1.87. The van der Waals surface area contributed by atoms with E-state index in [0.29, 0.717) is 23.1 Å². The van der Waals surface area contributed by atoms with Gasteiger partial charge in [-0.25, -0.2) is 0 Å². The summed E-state index contributed by atoms with van der Waals surface area (Å²) in [6.07, 6.45) is 0. The van der Waals surface area contributed by atoms with Crippen LogP contribution in [0.3, 0.4) is 0 Å². The number of rotatable bonds is 6. The summed E-state index contributed by atoms with van der Waals surface area (Å²) >= 11 is 5.62. The Labute approximate surface area is 100 Å². The zero-order chi connectivity index (χ0) is 12.0. The SMILES string of the molecule is C=C(Cl)COc1ccc(CO)cc1OCC. The summed E-state index contributed by atoms with van der Waals surface area (Å²) in [6, 6.07) is 5.26. The monoisotopic (exact) mass is 242 g/mol. The maximum absolute atomic E-state index is 9.01. The lowest BCUT2D eigenvalue weighted by molar-refractivity contribution is 0.275. The van der Waals surface area contributed by atoms with E-state index in [0.717, 1.165) is 5.56 Å². The standard InChI is InChI=1S/C12H15ClO3/c1-3-15-12-6-10(7-14)4-5-11(12)16-8-9(2)13/h4-6,14H,2-3,7-8H2,1H3. The summed E-state index contributed by atoms with van der Waals surface area (Å²) in [7, 11) is 0. The number of ether oxygens (including phenoxy) is 2. The molecule has 0 fully saturated rings. The first kappa shape index (κ1) is 12.9. The molecular weight excluding hydrogens is 228 g/mol. The van der Waals surface area contributed by atoms with Gasteiger partial charge in [0.1, 0.15) is 6.61 Å². The third-order valence-corrected chi connectivity index (χ3v) is 1.98.